The van der Waals surface area contributed by atoms with Crippen LogP contribution in [0.25, 0.3) is 82.1 Å². The average Bonchev–Trinajstić information content (AvgIpc) is 3.68. The Bertz CT molecular complexity index is 2760. The molecule has 4 nitrogen and oxygen atoms in total. The van der Waals surface area contributed by atoms with E-state index in [1.165, 1.54) is 10.8 Å². The van der Waals surface area contributed by atoms with E-state index in [1.54, 1.807) is 0 Å². The van der Waals surface area contributed by atoms with Gasteiger partial charge in [-0.15, -0.1) is 0 Å². The lowest BCUT2D eigenvalue weighted by Crippen LogP contribution is -1.98. The van der Waals surface area contributed by atoms with Gasteiger partial charge in [0.05, 0.1) is 46.0 Å². The van der Waals surface area contributed by atoms with Crippen LogP contribution in [0.5, 0.6) is 0 Å². The minimum atomic E-state index is 0.582. The normalized spacial score (nSPS) is 11.3. The van der Waals surface area contributed by atoms with Gasteiger partial charge in [-0.1, -0.05) is 109 Å². The van der Waals surface area contributed by atoms with Crippen LogP contribution in [0.2, 0.25) is 0 Å². The molecule has 9 aromatic rings. The summed E-state index contributed by atoms with van der Waals surface area (Å²) in [6, 6.07) is 56.6. The van der Waals surface area contributed by atoms with Crippen LogP contribution >= 0.6 is 0 Å². The van der Waals surface area contributed by atoms with E-state index in [-0.39, 0.29) is 0 Å². The van der Waals surface area contributed by atoms with Crippen molar-refractivity contribution in [1.82, 2.24) is 9.13 Å². The summed E-state index contributed by atoms with van der Waals surface area (Å²) in [5.41, 5.74) is 11.5. The molecule has 2 aromatic heterocycles. The first-order valence-electron chi connectivity index (χ1n) is 15.9. The molecule has 0 aliphatic rings. The van der Waals surface area contributed by atoms with Crippen molar-refractivity contribution in [2.45, 2.75) is 0 Å². The average molecular weight is 611 g/mol. The summed E-state index contributed by atoms with van der Waals surface area (Å²) >= 11 is 0. The first-order chi connectivity index (χ1) is 23.8. The van der Waals surface area contributed by atoms with Crippen molar-refractivity contribution in [1.29, 1.82) is 5.26 Å². The van der Waals surface area contributed by atoms with Gasteiger partial charge in [-0.3, -0.25) is 0 Å². The van der Waals surface area contributed by atoms with Gasteiger partial charge in [0.2, 0.25) is 0 Å². The highest BCUT2D eigenvalue weighted by molar-refractivity contribution is 6.12. The summed E-state index contributed by atoms with van der Waals surface area (Å²) in [4.78, 5) is 4.00. The van der Waals surface area contributed by atoms with E-state index < -0.39 is 0 Å². The summed E-state index contributed by atoms with van der Waals surface area (Å²) in [6.07, 6.45) is 0. The molecule has 7 aromatic carbocycles. The second-order valence-electron chi connectivity index (χ2n) is 11.9. The van der Waals surface area contributed by atoms with Gasteiger partial charge in [-0.2, -0.15) is 5.26 Å². The molecule has 0 saturated carbocycles. The smallest absolute Gasteiger partial charge is 0.195 e. The molecule has 0 spiro atoms. The second kappa shape index (κ2) is 10.9. The summed E-state index contributed by atoms with van der Waals surface area (Å²) < 4.78 is 4.56. The molecule has 48 heavy (non-hydrogen) atoms. The maximum Gasteiger partial charge on any atom is 0.195 e. The maximum absolute atomic E-state index is 9.99. The first kappa shape index (κ1) is 27.4. The Labute approximate surface area is 277 Å². The molecule has 2 heterocycles. The quantitative estimate of drug-likeness (QED) is 0.183. The van der Waals surface area contributed by atoms with Crippen LogP contribution in [0, 0.1) is 17.9 Å². The van der Waals surface area contributed by atoms with Crippen LogP contribution in [-0.2, 0) is 0 Å². The molecule has 0 aliphatic carbocycles. The van der Waals surface area contributed by atoms with E-state index in [2.05, 4.69) is 135 Å². The fourth-order valence-corrected chi connectivity index (χ4v) is 7.40. The summed E-state index contributed by atoms with van der Waals surface area (Å²) in [5, 5.41) is 14.4. The first-order valence-corrected chi connectivity index (χ1v) is 15.9. The van der Waals surface area contributed by atoms with Crippen LogP contribution in [0.3, 0.4) is 0 Å². The van der Waals surface area contributed by atoms with Crippen molar-refractivity contribution in [3.8, 4) is 39.7 Å². The zero-order chi connectivity index (χ0) is 32.2. The molecule has 4 heteroatoms. The summed E-state index contributed by atoms with van der Waals surface area (Å²) in [6.45, 7) is 8.18. The fraction of sp³-hybridized carbons (Fsp3) is 0. The van der Waals surface area contributed by atoms with Crippen molar-refractivity contribution in [3.63, 3.8) is 0 Å². The molecule has 0 fully saturated rings. The van der Waals surface area contributed by atoms with Crippen LogP contribution in [-0.4, -0.2) is 9.13 Å². The van der Waals surface area contributed by atoms with Gasteiger partial charge in [0.25, 0.3) is 0 Å². The number of aromatic nitrogens is 2. The molecule has 0 radical (unpaired) electrons. The zero-order valence-electron chi connectivity index (χ0n) is 25.8. The maximum atomic E-state index is 9.99. The minimum Gasteiger partial charge on any atom is -0.309 e. The Morgan fingerprint density at radius 3 is 1.69 bits per heavy atom. The van der Waals surface area contributed by atoms with Crippen LogP contribution in [0.4, 0.5) is 5.69 Å². The number of nitriles is 1. The highest BCUT2D eigenvalue weighted by atomic mass is 15.0. The lowest BCUT2D eigenvalue weighted by atomic mass is 9.92. The Morgan fingerprint density at radius 2 is 1.02 bits per heavy atom. The van der Waals surface area contributed by atoms with E-state index in [9.17, 15) is 5.26 Å². The number of hydrogen-bond donors (Lipinski definition) is 0. The molecule has 9 rings (SSSR count). The molecule has 0 amide bonds. The largest absolute Gasteiger partial charge is 0.309 e. The van der Waals surface area contributed by atoms with Gasteiger partial charge in [-0.25, -0.2) is 4.85 Å². The van der Waals surface area contributed by atoms with Gasteiger partial charge < -0.3 is 9.13 Å². The molecule has 0 saturated heterocycles. The van der Waals surface area contributed by atoms with E-state index in [4.69, 9.17) is 6.57 Å². The lowest BCUT2D eigenvalue weighted by molar-refractivity contribution is 1.18. The third-order valence-electron chi connectivity index (χ3n) is 9.41. The van der Waals surface area contributed by atoms with Gasteiger partial charge in [-0.05, 0) is 65.2 Å². The van der Waals surface area contributed by atoms with Gasteiger partial charge >= 0.3 is 0 Å². The van der Waals surface area contributed by atoms with E-state index >= 15 is 0 Å². The zero-order valence-corrected chi connectivity index (χ0v) is 25.8. The number of benzene rings is 7. The number of nitrogens with zero attached hydrogens (tertiary/aromatic N) is 4. The molecule has 0 atom stereocenters. The molecule has 0 unspecified atom stereocenters. The van der Waals surface area contributed by atoms with Crippen molar-refractivity contribution >= 4 is 49.3 Å². The lowest BCUT2D eigenvalue weighted by Gasteiger charge is -2.18. The summed E-state index contributed by atoms with van der Waals surface area (Å²) in [5.74, 6) is 0. The topological polar surface area (TPSA) is 38.0 Å². The number of rotatable bonds is 4. The fourth-order valence-electron chi connectivity index (χ4n) is 7.40. The Kier molecular flexibility index (Phi) is 6.22. The Balaban J connectivity index is 1.30. The minimum absolute atomic E-state index is 0.582. The summed E-state index contributed by atoms with van der Waals surface area (Å²) in [7, 11) is 0. The molecular weight excluding hydrogens is 585 g/mol. The predicted molar refractivity (Wildman–Crippen MR) is 197 cm³/mol. The Hall–Kier alpha value is -6.88. The van der Waals surface area contributed by atoms with Crippen molar-refractivity contribution in [2.75, 3.05) is 0 Å². The Morgan fingerprint density at radius 1 is 0.479 bits per heavy atom. The highest BCUT2D eigenvalue weighted by Crippen LogP contribution is 2.43. The number of hydrogen-bond acceptors (Lipinski definition) is 1. The SMILES string of the molecule is [C-]#[N+]c1ccc(-n2c3ccccc3c3c(C#N)cccc32)cc1-c1ccccc1-c1ccccc1-n1c2ccccc2c2ccccc21. The second-order valence-corrected chi connectivity index (χ2v) is 11.9. The highest BCUT2D eigenvalue weighted by Gasteiger charge is 2.20. The number of para-hydroxylation sites is 4. The molecule has 0 aliphatic heterocycles. The van der Waals surface area contributed by atoms with E-state index in [0.29, 0.717) is 11.3 Å². The monoisotopic (exact) mass is 610 g/mol. The van der Waals surface area contributed by atoms with E-state index in [0.717, 1.165) is 66.5 Å². The van der Waals surface area contributed by atoms with Crippen LogP contribution in [0.15, 0.2) is 158 Å². The number of fused-ring (bicyclic) bond motifs is 6. The molecule has 0 bridgehead atoms. The van der Waals surface area contributed by atoms with Crippen molar-refractivity contribution < 1.29 is 0 Å². The molecule has 222 valence electrons. The van der Waals surface area contributed by atoms with Gasteiger partial charge in [0.1, 0.15) is 0 Å². The van der Waals surface area contributed by atoms with Crippen molar-refractivity contribution in [3.05, 3.63) is 175 Å². The van der Waals surface area contributed by atoms with Gasteiger partial charge in [0, 0.05) is 32.8 Å². The van der Waals surface area contributed by atoms with Crippen LogP contribution < -0.4 is 0 Å². The molecule has 0 N–H and O–H groups in total. The predicted octanol–water partition coefficient (Wildman–Crippen LogP) is 11.6. The van der Waals surface area contributed by atoms with Crippen LogP contribution in [0.1, 0.15) is 5.56 Å². The third kappa shape index (κ3) is 4.01. The third-order valence-corrected chi connectivity index (χ3v) is 9.41. The van der Waals surface area contributed by atoms with E-state index in [1.807, 2.05) is 42.5 Å². The standard InChI is InChI=1S/C44H26N4/c1-46-38-26-25-30(47-42-23-11-7-19-36(42)44-29(28-45)13-12-24-43(44)47)27-37(38)32-15-3-2-14-31(32)33-16-4-8-20-39(33)48-40-21-9-5-17-34(40)35-18-6-10-22-41(35)48/h2-27H. The van der Waals surface area contributed by atoms with Gasteiger partial charge in [0.15, 0.2) is 5.69 Å². The molecular formula is C44H26N4. The van der Waals surface area contributed by atoms with Crippen molar-refractivity contribution in [2.24, 2.45) is 0 Å².